The lowest BCUT2D eigenvalue weighted by atomic mass is 9.90. The standard InChI is InChI=1S/C45H42NO8P/c46-25-26-52-55(49,50)53-28-37(54-41(48)12-4-6-30-14-16-36-20-18-32-8-2-10-34-22-24-39(30)45(36)43(32)34)27-51-40(47)11-3-5-29-13-15-35-19-17-31-7-1-9-33-21-23-38(29)44(35)42(31)33/h1-2,7-10,13-24,37H,3-6,11-12,25-28,46H2,(H,49,50). The van der Waals surface area contributed by atoms with E-state index in [1.807, 2.05) is 0 Å². The van der Waals surface area contributed by atoms with Gasteiger partial charge in [-0.25, -0.2) is 4.57 Å². The summed E-state index contributed by atoms with van der Waals surface area (Å²) in [5.41, 5.74) is 7.68. The molecule has 0 aliphatic carbocycles. The molecule has 10 heteroatoms. The number of carbonyl (C=O) groups is 2. The number of rotatable bonds is 17. The summed E-state index contributed by atoms with van der Waals surface area (Å²) in [6, 6.07) is 38.3. The van der Waals surface area contributed by atoms with E-state index in [1.54, 1.807) is 0 Å². The maximum Gasteiger partial charge on any atom is 0.472 e. The third kappa shape index (κ3) is 7.85. The molecule has 0 spiro atoms. The lowest BCUT2D eigenvalue weighted by Crippen LogP contribution is -2.29. The minimum atomic E-state index is -4.47. The van der Waals surface area contributed by atoms with Crippen LogP contribution in [-0.4, -0.2) is 49.3 Å². The SMILES string of the molecule is NCCOP(=O)(O)OCC(COC(=O)CCCc1ccc2ccc3cccc4ccc1c2c34)OC(=O)CCCc1ccc2ccc3cccc4ccc1c2c34. The molecule has 8 aromatic rings. The summed E-state index contributed by atoms with van der Waals surface area (Å²) in [5.74, 6) is -1.01. The van der Waals surface area contributed by atoms with Crippen molar-refractivity contribution in [2.75, 3.05) is 26.4 Å². The Morgan fingerprint density at radius 2 is 1.04 bits per heavy atom. The van der Waals surface area contributed by atoms with Crippen molar-refractivity contribution in [3.8, 4) is 0 Å². The van der Waals surface area contributed by atoms with Gasteiger partial charge in [0, 0.05) is 19.4 Å². The zero-order valence-electron chi connectivity index (χ0n) is 30.4. The van der Waals surface area contributed by atoms with Gasteiger partial charge in [0.25, 0.3) is 0 Å². The summed E-state index contributed by atoms with van der Waals surface area (Å²) in [5, 5.41) is 14.4. The molecule has 0 aromatic heterocycles. The second-order valence-electron chi connectivity index (χ2n) is 14.0. The highest BCUT2D eigenvalue weighted by atomic mass is 31.2. The van der Waals surface area contributed by atoms with Crippen LogP contribution in [0.15, 0.2) is 109 Å². The molecule has 0 radical (unpaired) electrons. The molecule has 0 bridgehead atoms. The number of esters is 2. The van der Waals surface area contributed by atoms with Gasteiger partial charge in [0.2, 0.25) is 0 Å². The molecule has 0 saturated heterocycles. The van der Waals surface area contributed by atoms with E-state index in [4.69, 9.17) is 24.3 Å². The van der Waals surface area contributed by atoms with Crippen molar-refractivity contribution in [2.24, 2.45) is 5.73 Å². The molecule has 0 saturated carbocycles. The van der Waals surface area contributed by atoms with Crippen LogP contribution in [0.4, 0.5) is 0 Å². The fraction of sp³-hybridized carbons (Fsp3) is 0.244. The molecule has 280 valence electrons. The third-order valence-electron chi connectivity index (χ3n) is 10.4. The van der Waals surface area contributed by atoms with Gasteiger partial charge in [-0.3, -0.25) is 18.6 Å². The van der Waals surface area contributed by atoms with Crippen molar-refractivity contribution >= 4 is 84.4 Å². The van der Waals surface area contributed by atoms with E-state index in [2.05, 4.69) is 109 Å². The fourth-order valence-corrected chi connectivity index (χ4v) is 8.64. The lowest BCUT2D eigenvalue weighted by molar-refractivity contribution is -0.161. The highest BCUT2D eigenvalue weighted by molar-refractivity contribution is 7.47. The van der Waals surface area contributed by atoms with Crippen LogP contribution in [0.25, 0.3) is 64.6 Å². The van der Waals surface area contributed by atoms with Crippen molar-refractivity contribution in [1.82, 2.24) is 0 Å². The van der Waals surface area contributed by atoms with Gasteiger partial charge in [0.1, 0.15) is 6.61 Å². The molecule has 8 aromatic carbocycles. The molecule has 2 unspecified atom stereocenters. The maximum absolute atomic E-state index is 13.1. The predicted octanol–water partition coefficient (Wildman–Crippen LogP) is 9.37. The number of nitrogens with two attached hydrogens (primary N) is 1. The highest BCUT2D eigenvalue weighted by Crippen LogP contribution is 2.43. The predicted molar refractivity (Wildman–Crippen MR) is 218 cm³/mol. The first kappa shape index (κ1) is 36.8. The molecule has 2 atom stereocenters. The Labute approximate surface area is 318 Å². The van der Waals surface area contributed by atoms with Gasteiger partial charge in [-0.15, -0.1) is 0 Å². The van der Waals surface area contributed by atoms with Crippen LogP contribution in [-0.2, 0) is 45.5 Å². The molecule has 0 heterocycles. The molecule has 0 aliphatic rings. The Bertz CT molecular complexity index is 2660. The number of aryl methyl sites for hydroxylation is 2. The average molecular weight is 756 g/mol. The van der Waals surface area contributed by atoms with Gasteiger partial charge < -0.3 is 20.1 Å². The quantitative estimate of drug-likeness (QED) is 0.0530. The summed E-state index contributed by atoms with van der Waals surface area (Å²) in [7, 11) is -4.47. The monoisotopic (exact) mass is 755 g/mol. The van der Waals surface area contributed by atoms with E-state index >= 15 is 0 Å². The number of benzene rings is 8. The molecular formula is C45H42NO8P. The largest absolute Gasteiger partial charge is 0.472 e. The molecule has 0 fully saturated rings. The van der Waals surface area contributed by atoms with Crippen molar-refractivity contribution in [2.45, 2.75) is 44.6 Å². The number of hydrogen-bond donors (Lipinski definition) is 2. The highest BCUT2D eigenvalue weighted by Gasteiger charge is 2.26. The van der Waals surface area contributed by atoms with Gasteiger partial charge in [-0.2, -0.15) is 0 Å². The average Bonchev–Trinajstić information content (AvgIpc) is 3.20. The lowest BCUT2D eigenvalue weighted by Gasteiger charge is -2.20. The van der Waals surface area contributed by atoms with Gasteiger partial charge >= 0.3 is 19.8 Å². The van der Waals surface area contributed by atoms with Crippen molar-refractivity contribution in [3.05, 3.63) is 120 Å². The van der Waals surface area contributed by atoms with E-state index < -0.39 is 32.5 Å². The van der Waals surface area contributed by atoms with Crippen LogP contribution < -0.4 is 5.73 Å². The van der Waals surface area contributed by atoms with E-state index in [1.165, 1.54) is 59.2 Å². The molecule has 9 nitrogen and oxygen atoms in total. The Hall–Kier alpha value is -5.15. The maximum atomic E-state index is 13.1. The van der Waals surface area contributed by atoms with Crippen LogP contribution >= 0.6 is 7.82 Å². The molecule has 55 heavy (non-hydrogen) atoms. The van der Waals surface area contributed by atoms with Crippen LogP contribution in [0.3, 0.4) is 0 Å². The van der Waals surface area contributed by atoms with Gasteiger partial charge in [0.15, 0.2) is 6.10 Å². The molecule has 0 aliphatic heterocycles. The first-order valence-corrected chi connectivity index (χ1v) is 20.3. The van der Waals surface area contributed by atoms with Crippen molar-refractivity contribution < 1.29 is 37.6 Å². The Balaban J connectivity index is 0.880. The molecular weight excluding hydrogens is 713 g/mol. The number of hydrogen-bond acceptors (Lipinski definition) is 8. The first-order valence-electron chi connectivity index (χ1n) is 18.8. The molecule has 8 rings (SSSR count). The smallest absolute Gasteiger partial charge is 0.462 e. The number of ether oxygens (including phenoxy) is 2. The number of phosphoric acid groups is 1. The van der Waals surface area contributed by atoms with Crippen molar-refractivity contribution in [3.63, 3.8) is 0 Å². The Kier molecular flexibility index (Phi) is 10.6. The van der Waals surface area contributed by atoms with Crippen molar-refractivity contribution in [1.29, 1.82) is 0 Å². The van der Waals surface area contributed by atoms with Gasteiger partial charge in [-0.05, 0) is 101 Å². The van der Waals surface area contributed by atoms with E-state index in [0.29, 0.717) is 25.7 Å². The number of phosphoric ester groups is 1. The topological polar surface area (TPSA) is 134 Å². The molecule has 3 N–H and O–H groups in total. The van der Waals surface area contributed by atoms with E-state index in [9.17, 15) is 19.0 Å². The summed E-state index contributed by atoms with van der Waals surface area (Å²) in [6.07, 6.45) is 1.48. The normalized spacial score (nSPS) is 13.7. The van der Waals surface area contributed by atoms with Crippen LogP contribution in [0.1, 0.15) is 36.8 Å². The second-order valence-corrected chi connectivity index (χ2v) is 15.5. The summed E-state index contributed by atoms with van der Waals surface area (Å²) >= 11 is 0. The summed E-state index contributed by atoms with van der Waals surface area (Å²) in [4.78, 5) is 36.1. The Morgan fingerprint density at radius 1 is 0.582 bits per heavy atom. The van der Waals surface area contributed by atoms with Gasteiger partial charge in [-0.1, -0.05) is 109 Å². The number of carbonyl (C=O) groups excluding carboxylic acids is 2. The summed E-state index contributed by atoms with van der Waals surface area (Å²) in [6.45, 7) is -1.02. The summed E-state index contributed by atoms with van der Waals surface area (Å²) < 4.78 is 33.4. The minimum absolute atomic E-state index is 0.0185. The fourth-order valence-electron chi connectivity index (χ4n) is 7.88. The second kappa shape index (κ2) is 15.9. The van der Waals surface area contributed by atoms with Gasteiger partial charge in [0.05, 0.1) is 13.2 Å². The third-order valence-corrected chi connectivity index (χ3v) is 11.4. The van der Waals surface area contributed by atoms with E-state index in [0.717, 1.165) is 16.5 Å². The van der Waals surface area contributed by atoms with Crippen LogP contribution in [0.2, 0.25) is 0 Å². The molecule has 0 amide bonds. The zero-order valence-corrected chi connectivity index (χ0v) is 31.3. The van der Waals surface area contributed by atoms with E-state index in [-0.39, 0.29) is 32.6 Å². The first-order chi connectivity index (χ1) is 26.8. The Morgan fingerprint density at radius 3 is 1.55 bits per heavy atom. The van der Waals surface area contributed by atoms with Crippen LogP contribution in [0.5, 0.6) is 0 Å². The minimum Gasteiger partial charge on any atom is -0.462 e. The van der Waals surface area contributed by atoms with Crippen LogP contribution in [0, 0.1) is 0 Å². The zero-order chi connectivity index (χ0) is 37.9.